The minimum Gasteiger partial charge on any atom is -0.481 e. The fourth-order valence-corrected chi connectivity index (χ4v) is 1.31. The number of carboxylic acids is 1. The largest absolute Gasteiger partial charge is 0.481 e. The fourth-order valence-electron chi connectivity index (χ4n) is 1.31. The van der Waals surface area contributed by atoms with Gasteiger partial charge in [-0.15, -0.1) is 0 Å². The monoisotopic (exact) mass is 157 g/mol. The Hall–Kier alpha value is -1.06. The summed E-state index contributed by atoms with van der Waals surface area (Å²) < 4.78 is 0. The number of piperidine rings is 1. The average Bonchev–Trinajstić information content (AvgIpc) is 1.85. The molecule has 0 aromatic heterocycles. The Kier molecular flexibility index (Phi) is 2.12. The van der Waals surface area contributed by atoms with Gasteiger partial charge < -0.3 is 10.4 Å². The van der Waals surface area contributed by atoms with Gasteiger partial charge in [-0.3, -0.25) is 9.59 Å². The number of rotatable bonds is 1. The van der Waals surface area contributed by atoms with Gasteiger partial charge in [-0.2, -0.15) is 0 Å². The van der Waals surface area contributed by atoms with Crippen molar-refractivity contribution in [1.82, 2.24) is 5.32 Å². The minimum absolute atomic E-state index is 0.00245. The van der Waals surface area contributed by atoms with E-state index in [1.54, 1.807) is 0 Å². The molecule has 2 N–H and O–H groups in total. The van der Waals surface area contributed by atoms with Crippen LogP contribution in [0.25, 0.3) is 0 Å². The van der Waals surface area contributed by atoms with Crippen molar-refractivity contribution >= 4 is 11.9 Å². The van der Waals surface area contributed by atoms with Crippen LogP contribution in [0, 0.1) is 5.92 Å². The second-order valence-electron chi connectivity index (χ2n) is 2.94. The number of nitrogens with one attached hydrogen (secondary N) is 1. The smallest absolute Gasteiger partial charge is 0.307 e. The van der Waals surface area contributed by atoms with E-state index in [2.05, 4.69) is 5.32 Å². The van der Waals surface area contributed by atoms with Crippen molar-refractivity contribution in [2.45, 2.75) is 25.8 Å². The van der Waals surface area contributed by atoms with Gasteiger partial charge in [-0.1, -0.05) is 0 Å². The molecule has 2 atom stereocenters. The number of carboxylic acid groups (broad SMARTS) is 1. The molecule has 0 saturated carbocycles. The maximum absolute atomic E-state index is 10.8. The average molecular weight is 157 g/mol. The number of hydrogen-bond donors (Lipinski definition) is 2. The summed E-state index contributed by atoms with van der Waals surface area (Å²) in [6.45, 7) is 1.81. The van der Waals surface area contributed by atoms with Crippen molar-refractivity contribution < 1.29 is 14.7 Å². The van der Waals surface area contributed by atoms with Gasteiger partial charge in [0.05, 0.1) is 5.92 Å². The van der Waals surface area contributed by atoms with E-state index >= 15 is 0 Å². The van der Waals surface area contributed by atoms with Gasteiger partial charge in [-0.25, -0.2) is 0 Å². The molecule has 0 aromatic rings. The summed E-state index contributed by atoms with van der Waals surface area (Å²) in [6, 6.07) is -0.00245. The van der Waals surface area contributed by atoms with Crippen LogP contribution in [0.15, 0.2) is 0 Å². The van der Waals surface area contributed by atoms with E-state index in [1.807, 2.05) is 6.92 Å². The van der Waals surface area contributed by atoms with Crippen LogP contribution in [0.4, 0.5) is 0 Å². The summed E-state index contributed by atoms with van der Waals surface area (Å²) >= 11 is 0. The summed E-state index contributed by atoms with van der Waals surface area (Å²) in [5, 5.41) is 11.3. The molecule has 1 fully saturated rings. The molecule has 11 heavy (non-hydrogen) atoms. The zero-order valence-electron chi connectivity index (χ0n) is 6.33. The molecule has 62 valence electrons. The van der Waals surface area contributed by atoms with Crippen LogP contribution in [0.5, 0.6) is 0 Å². The Morgan fingerprint density at radius 2 is 2.36 bits per heavy atom. The molecule has 1 heterocycles. The lowest BCUT2D eigenvalue weighted by molar-refractivity contribution is -0.146. The Morgan fingerprint density at radius 3 is 2.82 bits per heavy atom. The highest BCUT2D eigenvalue weighted by molar-refractivity contribution is 5.83. The van der Waals surface area contributed by atoms with Crippen molar-refractivity contribution in [2.75, 3.05) is 0 Å². The lowest BCUT2D eigenvalue weighted by atomic mass is 9.93. The van der Waals surface area contributed by atoms with Crippen LogP contribution in [-0.2, 0) is 9.59 Å². The second-order valence-corrected chi connectivity index (χ2v) is 2.94. The molecule has 1 amide bonds. The molecule has 1 aliphatic heterocycles. The first-order chi connectivity index (χ1) is 5.09. The number of aliphatic carboxylic acids is 1. The lowest BCUT2D eigenvalue weighted by Crippen LogP contribution is -2.42. The SMILES string of the molecule is CC1CC(C(=O)O)CC(=O)N1. The fraction of sp³-hybridized carbons (Fsp3) is 0.714. The van der Waals surface area contributed by atoms with E-state index < -0.39 is 11.9 Å². The van der Waals surface area contributed by atoms with Crippen LogP contribution in [0.3, 0.4) is 0 Å². The van der Waals surface area contributed by atoms with Gasteiger partial charge in [0.2, 0.25) is 5.91 Å². The number of amides is 1. The predicted octanol–water partition coefficient (Wildman–Crippen LogP) is -0.0143. The predicted molar refractivity (Wildman–Crippen MR) is 38.0 cm³/mol. The summed E-state index contributed by atoms with van der Waals surface area (Å²) in [6.07, 6.45) is 0.667. The third kappa shape index (κ3) is 1.93. The van der Waals surface area contributed by atoms with Crippen molar-refractivity contribution in [3.63, 3.8) is 0 Å². The van der Waals surface area contributed by atoms with Gasteiger partial charge in [0, 0.05) is 12.5 Å². The van der Waals surface area contributed by atoms with Gasteiger partial charge >= 0.3 is 5.97 Å². The van der Waals surface area contributed by atoms with E-state index in [-0.39, 0.29) is 18.4 Å². The zero-order chi connectivity index (χ0) is 8.43. The molecule has 0 bridgehead atoms. The van der Waals surface area contributed by atoms with Gasteiger partial charge in [0.15, 0.2) is 0 Å². The van der Waals surface area contributed by atoms with Gasteiger partial charge in [0.25, 0.3) is 0 Å². The lowest BCUT2D eigenvalue weighted by Gasteiger charge is -2.24. The molecule has 0 aromatic carbocycles. The minimum atomic E-state index is -0.869. The highest BCUT2D eigenvalue weighted by Gasteiger charge is 2.28. The summed E-state index contributed by atoms with van der Waals surface area (Å²) in [4.78, 5) is 21.3. The Labute approximate surface area is 64.6 Å². The molecule has 0 aliphatic carbocycles. The van der Waals surface area contributed by atoms with Crippen LogP contribution in [0.2, 0.25) is 0 Å². The van der Waals surface area contributed by atoms with Crippen molar-refractivity contribution in [3.05, 3.63) is 0 Å². The van der Waals surface area contributed by atoms with Gasteiger partial charge in [0.1, 0.15) is 0 Å². The third-order valence-electron chi connectivity index (χ3n) is 1.83. The molecular formula is C7H11NO3. The zero-order valence-corrected chi connectivity index (χ0v) is 6.33. The van der Waals surface area contributed by atoms with Gasteiger partial charge in [-0.05, 0) is 13.3 Å². The molecule has 1 rings (SSSR count). The number of carbonyl (C=O) groups is 2. The topological polar surface area (TPSA) is 66.4 Å². The first kappa shape index (κ1) is 8.04. The third-order valence-corrected chi connectivity index (χ3v) is 1.83. The summed E-state index contributed by atoms with van der Waals surface area (Å²) in [7, 11) is 0. The van der Waals surface area contributed by atoms with Crippen LogP contribution in [-0.4, -0.2) is 23.0 Å². The van der Waals surface area contributed by atoms with Crippen molar-refractivity contribution in [3.8, 4) is 0 Å². The Morgan fingerprint density at radius 1 is 1.73 bits per heavy atom. The van der Waals surface area contributed by atoms with Crippen molar-refractivity contribution in [1.29, 1.82) is 0 Å². The highest BCUT2D eigenvalue weighted by Crippen LogP contribution is 2.16. The molecule has 1 aliphatic rings. The molecule has 0 spiro atoms. The maximum Gasteiger partial charge on any atom is 0.307 e. The molecule has 0 radical (unpaired) electrons. The summed E-state index contributed by atoms with van der Waals surface area (Å²) in [5.74, 6) is -1.51. The van der Waals surface area contributed by atoms with E-state index in [0.717, 1.165) is 0 Å². The first-order valence-electron chi connectivity index (χ1n) is 3.61. The standard InChI is InChI=1S/C7H11NO3/c1-4-2-5(7(10)11)3-6(9)8-4/h4-5H,2-3H2,1H3,(H,8,9)(H,10,11). The van der Waals surface area contributed by atoms with Crippen molar-refractivity contribution in [2.24, 2.45) is 5.92 Å². The molecule has 4 nitrogen and oxygen atoms in total. The number of hydrogen-bond acceptors (Lipinski definition) is 2. The molecule has 1 saturated heterocycles. The molecule has 4 heteroatoms. The quantitative estimate of drug-likeness (QED) is 0.562. The molecule has 2 unspecified atom stereocenters. The van der Waals surface area contributed by atoms with E-state index in [9.17, 15) is 9.59 Å². The number of carbonyl (C=O) groups excluding carboxylic acids is 1. The molecular weight excluding hydrogens is 146 g/mol. The van der Waals surface area contributed by atoms with Crippen LogP contribution < -0.4 is 5.32 Å². The first-order valence-corrected chi connectivity index (χ1v) is 3.61. The summed E-state index contributed by atoms with van der Waals surface area (Å²) in [5.41, 5.74) is 0. The highest BCUT2D eigenvalue weighted by atomic mass is 16.4. The Bertz CT molecular complexity index is 190. The van der Waals surface area contributed by atoms with Crippen LogP contribution >= 0.6 is 0 Å². The second kappa shape index (κ2) is 2.90. The normalized spacial score (nSPS) is 31.2. The van der Waals surface area contributed by atoms with E-state index in [4.69, 9.17) is 5.11 Å². The Balaban J connectivity index is 2.56. The van der Waals surface area contributed by atoms with Crippen LogP contribution in [0.1, 0.15) is 19.8 Å². The van der Waals surface area contributed by atoms with E-state index in [1.165, 1.54) is 0 Å². The maximum atomic E-state index is 10.8. The van der Waals surface area contributed by atoms with E-state index in [0.29, 0.717) is 6.42 Å².